The average Bonchev–Trinajstić information content (AvgIpc) is 3.26. The lowest BCUT2D eigenvalue weighted by molar-refractivity contribution is -0.138. The minimum absolute atomic E-state index is 0.0265. The lowest BCUT2D eigenvalue weighted by atomic mass is 10.1. The lowest BCUT2D eigenvalue weighted by Crippen LogP contribution is -2.39. The first-order chi connectivity index (χ1) is 10.7. The van der Waals surface area contributed by atoms with E-state index < -0.39 is 23.6 Å². The van der Waals surface area contributed by atoms with Crippen molar-refractivity contribution in [3.05, 3.63) is 29.3 Å². The van der Waals surface area contributed by atoms with Crippen LogP contribution >= 0.6 is 0 Å². The van der Waals surface area contributed by atoms with Crippen molar-refractivity contribution in [3.63, 3.8) is 0 Å². The number of rotatable bonds is 4. The molecule has 3 N–H and O–H groups in total. The molecule has 8 heteroatoms. The Morgan fingerprint density at radius 1 is 1.26 bits per heavy atom. The van der Waals surface area contributed by atoms with E-state index in [1.807, 2.05) is 0 Å². The lowest BCUT2D eigenvalue weighted by Gasteiger charge is -2.14. The van der Waals surface area contributed by atoms with Gasteiger partial charge in [0.2, 0.25) is 0 Å². The van der Waals surface area contributed by atoms with Crippen molar-refractivity contribution < 1.29 is 27.9 Å². The molecule has 0 radical (unpaired) electrons. The molecule has 0 aromatic heterocycles. The zero-order valence-corrected chi connectivity index (χ0v) is 12.5. The van der Waals surface area contributed by atoms with Gasteiger partial charge in [-0.15, -0.1) is 0 Å². The first-order valence-corrected chi connectivity index (χ1v) is 7.05. The van der Waals surface area contributed by atoms with Gasteiger partial charge in [0.05, 0.1) is 12.2 Å². The van der Waals surface area contributed by atoms with Gasteiger partial charge in [-0.25, -0.2) is 0 Å². The summed E-state index contributed by atoms with van der Waals surface area (Å²) < 4.78 is 38.4. The summed E-state index contributed by atoms with van der Waals surface area (Å²) in [5.41, 5.74) is -1.30. The number of aryl methyl sites for hydroxylation is 1. The number of carbonyl (C=O) groups excluding carboxylic acids is 2. The summed E-state index contributed by atoms with van der Waals surface area (Å²) in [5, 5.41) is 13.6. The van der Waals surface area contributed by atoms with Gasteiger partial charge in [0.15, 0.2) is 0 Å². The summed E-state index contributed by atoms with van der Waals surface area (Å²) in [4.78, 5) is 23.4. The first kappa shape index (κ1) is 17.3. The fourth-order valence-corrected chi connectivity index (χ4v) is 2.11. The van der Waals surface area contributed by atoms with Gasteiger partial charge in [0.25, 0.3) is 0 Å². The second-order valence-electron chi connectivity index (χ2n) is 5.82. The number of hydrogen-bond acceptors (Lipinski definition) is 3. The SMILES string of the molecule is Cc1ccc(NC(=O)C(=O)NCC2(CO)CC2)cc1C(F)(F)F. The van der Waals surface area contributed by atoms with Gasteiger partial charge in [0, 0.05) is 17.6 Å². The number of halogens is 3. The number of hydrogen-bond donors (Lipinski definition) is 3. The van der Waals surface area contributed by atoms with E-state index in [4.69, 9.17) is 5.11 Å². The third kappa shape index (κ3) is 4.22. The highest BCUT2D eigenvalue weighted by atomic mass is 19.4. The molecule has 23 heavy (non-hydrogen) atoms. The normalized spacial score (nSPS) is 15.9. The molecule has 5 nitrogen and oxygen atoms in total. The molecule has 0 heterocycles. The molecular formula is C15H17F3N2O3. The molecule has 0 atom stereocenters. The maximum atomic E-state index is 12.8. The van der Waals surface area contributed by atoms with Crippen molar-refractivity contribution in [2.45, 2.75) is 25.9 Å². The Balaban J connectivity index is 1.98. The Morgan fingerprint density at radius 2 is 1.91 bits per heavy atom. The van der Waals surface area contributed by atoms with Gasteiger partial charge in [-0.1, -0.05) is 6.07 Å². The molecule has 2 rings (SSSR count). The quantitative estimate of drug-likeness (QED) is 0.737. The molecule has 1 aliphatic rings. The highest BCUT2D eigenvalue weighted by Crippen LogP contribution is 2.44. The zero-order chi connectivity index (χ0) is 17.3. The van der Waals surface area contributed by atoms with E-state index in [2.05, 4.69) is 10.6 Å². The Morgan fingerprint density at radius 3 is 2.43 bits per heavy atom. The molecule has 0 saturated heterocycles. The van der Waals surface area contributed by atoms with Crippen molar-refractivity contribution in [1.29, 1.82) is 0 Å². The molecular weight excluding hydrogens is 313 g/mol. The molecule has 1 aliphatic carbocycles. The highest BCUT2D eigenvalue weighted by Gasteiger charge is 2.42. The zero-order valence-electron chi connectivity index (χ0n) is 12.5. The van der Waals surface area contributed by atoms with E-state index in [1.165, 1.54) is 19.1 Å². The number of carbonyl (C=O) groups is 2. The molecule has 0 spiro atoms. The average molecular weight is 330 g/mol. The summed E-state index contributed by atoms with van der Waals surface area (Å²) in [7, 11) is 0. The van der Waals surface area contributed by atoms with Gasteiger partial charge in [0.1, 0.15) is 0 Å². The van der Waals surface area contributed by atoms with Crippen LogP contribution in [0.25, 0.3) is 0 Å². The van der Waals surface area contributed by atoms with Crippen LogP contribution in [-0.4, -0.2) is 30.1 Å². The van der Waals surface area contributed by atoms with Crippen LogP contribution in [0.2, 0.25) is 0 Å². The van der Waals surface area contributed by atoms with E-state index >= 15 is 0 Å². The number of anilines is 1. The third-order valence-electron chi connectivity index (χ3n) is 3.92. The number of amides is 2. The molecule has 0 bridgehead atoms. The monoisotopic (exact) mass is 330 g/mol. The largest absolute Gasteiger partial charge is 0.416 e. The third-order valence-corrected chi connectivity index (χ3v) is 3.92. The topological polar surface area (TPSA) is 78.4 Å². The Hall–Kier alpha value is -2.09. The van der Waals surface area contributed by atoms with Gasteiger partial charge in [-0.2, -0.15) is 13.2 Å². The molecule has 1 aromatic carbocycles. The standard InChI is InChI=1S/C15H17F3N2O3/c1-9-2-3-10(6-11(9)15(16,17)18)20-13(23)12(22)19-7-14(8-21)4-5-14/h2-3,6,21H,4-5,7-8H2,1H3,(H,19,22)(H,20,23). The van der Waals surface area contributed by atoms with Crippen molar-refractivity contribution in [2.75, 3.05) is 18.5 Å². The molecule has 126 valence electrons. The van der Waals surface area contributed by atoms with Crippen molar-refractivity contribution in [3.8, 4) is 0 Å². The van der Waals surface area contributed by atoms with Gasteiger partial charge >= 0.3 is 18.0 Å². The van der Waals surface area contributed by atoms with Crippen molar-refractivity contribution >= 4 is 17.5 Å². The van der Waals surface area contributed by atoms with E-state index in [0.717, 1.165) is 18.9 Å². The smallest absolute Gasteiger partial charge is 0.396 e. The van der Waals surface area contributed by atoms with Crippen molar-refractivity contribution in [1.82, 2.24) is 5.32 Å². The summed E-state index contributed by atoms with van der Waals surface area (Å²) in [6, 6.07) is 3.31. The van der Waals surface area contributed by atoms with Crippen LogP contribution in [0.15, 0.2) is 18.2 Å². The van der Waals surface area contributed by atoms with Crippen LogP contribution in [0.3, 0.4) is 0 Å². The second-order valence-corrected chi connectivity index (χ2v) is 5.82. The Kier molecular flexibility index (Phi) is 4.65. The summed E-state index contributed by atoms with van der Waals surface area (Å²) in [6.45, 7) is 1.39. The fraction of sp³-hybridized carbons (Fsp3) is 0.467. The second kappa shape index (κ2) is 6.19. The maximum Gasteiger partial charge on any atom is 0.416 e. The predicted molar refractivity (Wildman–Crippen MR) is 76.6 cm³/mol. The van der Waals surface area contributed by atoms with Gasteiger partial charge in [-0.05, 0) is 37.5 Å². The molecule has 1 fully saturated rings. The van der Waals surface area contributed by atoms with Crippen LogP contribution < -0.4 is 10.6 Å². The number of aliphatic hydroxyl groups excluding tert-OH is 1. The number of nitrogens with one attached hydrogen (secondary N) is 2. The van der Waals surface area contributed by atoms with Crippen LogP contribution in [0.1, 0.15) is 24.0 Å². The van der Waals surface area contributed by atoms with Crippen molar-refractivity contribution in [2.24, 2.45) is 5.41 Å². The van der Waals surface area contributed by atoms with E-state index in [9.17, 15) is 22.8 Å². The maximum absolute atomic E-state index is 12.8. The summed E-state index contributed by atoms with van der Waals surface area (Å²) >= 11 is 0. The minimum atomic E-state index is -4.54. The Labute approximate surface area is 130 Å². The predicted octanol–water partition coefficient (Wildman–Crippen LogP) is 1.84. The summed E-state index contributed by atoms with van der Waals surface area (Å²) in [5.74, 6) is -1.99. The minimum Gasteiger partial charge on any atom is -0.396 e. The van der Waals surface area contributed by atoms with E-state index in [-0.39, 0.29) is 29.8 Å². The molecule has 1 aromatic rings. The molecule has 2 amide bonds. The first-order valence-electron chi connectivity index (χ1n) is 7.05. The number of benzene rings is 1. The van der Waals surface area contributed by atoms with E-state index in [1.54, 1.807) is 0 Å². The van der Waals surface area contributed by atoms with Crippen LogP contribution in [0, 0.1) is 12.3 Å². The molecule has 1 saturated carbocycles. The summed E-state index contributed by atoms with van der Waals surface area (Å²) in [6.07, 6.45) is -3.01. The van der Waals surface area contributed by atoms with E-state index in [0.29, 0.717) is 0 Å². The molecule has 0 aliphatic heterocycles. The van der Waals surface area contributed by atoms with Crippen LogP contribution in [0.5, 0.6) is 0 Å². The number of alkyl halides is 3. The van der Waals surface area contributed by atoms with Gasteiger partial charge in [-0.3, -0.25) is 9.59 Å². The van der Waals surface area contributed by atoms with Crippen LogP contribution in [0.4, 0.5) is 18.9 Å². The number of aliphatic hydroxyl groups is 1. The molecule has 0 unspecified atom stereocenters. The van der Waals surface area contributed by atoms with Crippen LogP contribution in [-0.2, 0) is 15.8 Å². The van der Waals surface area contributed by atoms with Gasteiger partial charge < -0.3 is 15.7 Å². The fourth-order valence-electron chi connectivity index (χ4n) is 2.11. The highest BCUT2D eigenvalue weighted by molar-refractivity contribution is 6.39. The Bertz CT molecular complexity index is 625.